The standard InChI is InChI=1S/C14H17N7/c15-14(16)20-5-2-9(3-6-20)11-7-18-12-8-19-13-10(21(11)12)1-4-17-13/h1,4,7-9,17H,2-3,5-6H2,(H3,15,16). The molecule has 0 radical (unpaired) electrons. The molecule has 0 atom stereocenters. The van der Waals surface area contributed by atoms with Crippen LogP contribution in [-0.2, 0) is 0 Å². The molecular formula is C14H17N7. The molecule has 0 bridgehead atoms. The summed E-state index contributed by atoms with van der Waals surface area (Å²) in [5, 5.41) is 7.52. The van der Waals surface area contributed by atoms with E-state index in [0.29, 0.717) is 5.92 Å². The Kier molecular flexibility index (Phi) is 2.60. The van der Waals surface area contributed by atoms with Gasteiger partial charge in [0.1, 0.15) is 0 Å². The van der Waals surface area contributed by atoms with E-state index in [1.54, 1.807) is 6.20 Å². The largest absolute Gasteiger partial charge is 0.370 e. The summed E-state index contributed by atoms with van der Waals surface area (Å²) in [6, 6.07) is 2.03. The molecule has 0 aromatic carbocycles. The molecule has 0 aliphatic carbocycles. The third kappa shape index (κ3) is 1.84. The van der Waals surface area contributed by atoms with E-state index in [-0.39, 0.29) is 5.96 Å². The minimum absolute atomic E-state index is 0.170. The molecule has 1 fully saturated rings. The molecule has 4 rings (SSSR count). The van der Waals surface area contributed by atoms with Gasteiger partial charge in [0.25, 0.3) is 0 Å². The summed E-state index contributed by atoms with van der Waals surface area (Å²) < 4.78 is 2.19. The average molecular weight is 283 g/mol. The summed E-state index contributed by atoms with van der Waals surface area (Å²) in [7, 11) is 0. The van der Waals surface area contributed by atoms with Gasteiger partial charge >= 0.3 is 0 Å². The van der Waals surface area contributed by atoms with Crippen LogP contribution in [0.1, 0.15) is 24.5 Å². The molecule has 4 N–H and O–H groups in total. The maximum atomic E-state index is 7.52. The van der Waals surface area contributed by atoms with E-state index in [9.17, 15) is 0 Å². The van der Waals surface area contributed by atoms with Gasteiger partial charge in [-0.3, -0.25) is 9.81 Å². The Morgan fingerprint density at radius 3 is 2.86 bits per heavy atom. The van der Waals surface area contributed by atoms with E-state index in [2.05, 4.69) is 19.4 Å². The average Bonchev–Trinajstić information content (AvgIpc) is 3.13. The molecule has 7 nitrogen and oxygen atoms in total. The maximum Gasteiger partial charge on any atom is 0.188 e. The number of piperidine rings is 1. The van der Waals surface area contributed by atoms with Crippen LogP contribution in [0.3, 0.4) is 0 Å². The monoisotopic (exact) mass is 283 g/mol. The van der Waals surface area contributed by atoms with Crippen LogP contribution in [0.4, 0.5) is 0 Å². The van der Waals surface area contributed by atoms with Gasteiger partial charge in [0.2, 0.25) is 0 Å². The van der Waals surface area contributed by atoms with Crippen LogP contribution in [0.15, 0.2) is 24.7 Å². The van der Waals surface area contributed by atoms with E-state index >= 15 is 0 Å². The first-order chi connectivity index (χ1) is 10.2. The highest BCUT2D eigenvalue weighted by atomic mass is 15.2. The van der Waals surface area contributed by atoms with E-state index < -0.39 is 0 Å². The number of nitrogens with one attached hydrogen (secondary N) is 2. The number of H-pyrrole nitrogens is 1. The summed E-state index contributed by atoms with van der Waals surface area (Å²) in [4.78, 5) is 13.9. The molecule has 0 saturated carbocycles. The molecule has 1 aliphatic rings. The lowest BCUT2D eigenvalue weighted by Crippen LogP contribution is -2.41. The van der Waals surface area contributed by atoms with Gasteiger partial charge in [-0.25, -0.2) is 9.97 Å². The number of rotatable bonds is 1. The van der Waals surface area contributed by atoms with Gasteiger partial charge in [-0.15, -0.1) is 0 Å². The lowest BCUT2D eigenvalue weighted by Gasteiger charge is -2.31. The van der Waals surface area contributed by atoms with Gasteiger partial charge in [-0.1, -0.05) is 0 Å². The molecule has 7 heteroatoms. The molecule has 21 heavy (non-hydrogen) atoms. The second-order valence-electron chi connectivity index (χ2n) is 5.49. The second-order valence-corrected chi connectivity index (χ2v) is 5.49. The number of imidazole rings is 1. The van der Waals surface area contributed by atoms with E-state index in [1.807, 2.05) is 23.4 Å². The summed E-state index contributed by atoms with van der Waals surface area (Å²) in [5.74, 6) is 0.611. The lowest BCUT2D eigenvalue weighted by molar-refractivity contribution is 0.306. The summed E-state index contributed by atoms with van der Waals surface area (Å²) in [6.45, 7) is 1.66. The quantitative estimate of drug-likeness (QED) is 0.463. The number of guanidine groups is 1. The highest BCUT2D eigenvalue weighted by molar-refractivity contribution is 5.75. The van der Waals surface area contributed by atoms with Crippen LogP contribution in [0.5, 0.6) is 0 Å². The Labute approximate surface area is 121 Å². The molecule has 0 unspecified atom stereocenters. The first kappa shape index (κ1) is 12.2. The van der Waals surface area contributed by atoms with Crippen molar-refractivity contribution in [3.63, 3.8) is 0 Å². The van der Waals surface area contributed by atoms with Crippen molar-refractivity contribution in [1.82, 2.24) is 24.3 Å². The normalized spacial score (nSPS) is 16.9. The minimum atomic E-state index is 0.170. The molecule has 0 amide bonds. The van der Waals surface area contributed by atoms with E-state index in [1.165, 1.54) is 5.69 Å². The van der Waals surface area contributed by atoms with E-state index in [4.69, 9.17) is 11.1 Å². The zero-order valence-corrected chi connectivity index (χ0v) is 11.6. The zero-order chi connectivity index (χ0) is 14.4. The number of hydrogen-bond acceptors (Lipinski definition) is 3. The molecule has 3 aromatic heterocycles. The smallest absolute Gasteiger partial charge is 0.188 e. The van der Waals surface area contributed by atoms with Crippen molar-refractivity contribution in [3.05, 3.63) is 30.4 Å². The third-order valence-electron chi connectivity index (χ3n) is 4.32. The van der Waals surface area contributed by atoms with Gasteiger partial charge < -0.3 is 15.6 Å². The predicted molar refractivity (Wildman–Crippen MR) is 80.3 cm³/mol. The second kappa shape index (κ2) is 4.47. The van der Waals surface area contributed by atoms with E-state index in [0.717, 1.165) is 42.7 Å². The zero-order valence-electron chi connectivity index (χ0n) is 11.6. The number of hydrogen-bond donors (Lipinski definition) is 3. The van der Waals surface area contributed by atoms with Crippen LogP contribution in [0.2, 0.25) is 0 Å². The topological polar surface area (TPSA) is 99.1 Å². The first-order valence-corrected chi connectivity index (χ1v) is 7.12. The Hall–Kier alpha value is -2.57. The van der Waals surface area contributed by atoms with Gasteiger partial charge in [0.05, 0.1) is 11.7 Å². The number of nitrogens with two attached hydrogens (primary N) is 1. The van der Waals surface area contributed by atoms with Crippen molar-refractivity contribution >= 4 is 22.8 Å². The number of nitrogens with zero attached hydrogens (tertiary/aromatic N) is 4. The van der Waals surface area contributed by atoms with Crippen LogP contribution in [-0.4, -0.2) is 43.3 Å². The highest BCUT2D eigenvalue weighted by Gasteiger charge is 2.24. The summed E-state index contributed by atoms with van der Waals surface area (Å²) in [6.07, 6.45) is 7.63. The summed E-state index contributed by atoms with van der Waals surface area (Å²) in [5.41, 5.74) is 9.61. The van der Waals surface area contributed by atoms with Crippen molar-refractivity contribution in [2.45, 2.75) is 18.8 Å². The Balaban J connectivity index is 1.74. The van der Waals surface area contributed by atoms with Gasteiger partial charge in [0.15, 0.2) is 17.3 Å². The van der Waals surface area contributed by atoms with Crippen molar-refractivity contribution in [2.75, 3.05) is 13.1 Å². The van der Waals surface area contributed by atoms with Crippen LogP contribution in [0, 0.1) is 5.41 Å². The lowest BCUT2D eigenvalue weighted by atomic mass is 9.94. The van der Waals surface area contributed by atoms with Crippen molar-refractivity contribution < 1.29 is 0 Å². The van der Waals surface area contributed by atoms with Gasteiger partial charge in [0, 0.05) is 37.1 Å². The SMILES string of the molecule is N=C(N)N1CCC(c2cnc3cnc4[nH]ccc4n23)CC1. The van der Waals surface area contributed by atoms with Crippen LogP contribution in [0.25, 0.3) is 16.8 Å². The minimum Gasteiger partial charge on any atom is -0.370 e. The van der Waals surface area contributed by atoms with Gasteiger partial charge in [-0.2, -0.15) is 0 Å². The fourth-order valence-corrected chi connectivity index (χ4v) is 3.20. The molecular weight excluding hydrogens is 266 g/mol. The Morgan fingerprint density at radius 2 is 2.10 bits per heavy atom. The highest BCUT2D eigenvalue weighted by Crippen LogP contribution is 2.29. The third-order valence-corrected chi connectivity index (χ3v) is 4.32. The molecule has 4 heterocycles. The first-order valence-electron chi connectivity index (χ1n) is 7.12. The predicted octanol–water partition coefficient (Wildman–Crippen LogP) is 1.28. The molecule has 3 aromatic rings. The van der Waals surface area contributed by atoms with Crippen molar-refractivity contribution in [2.24, 2.45) is 5.73 Å². The van der Waals surface area contributed by atoms with Crippen LogP contribution < -0.4 is 5.73 Å². The molecule has 1 aliphatic heterocycles. The van der Waals surface area contributed by atoms with Crippen molar-refractivity contribution in [3.8, 4) is 0 Å². The van der Waals surface area contributed by atoms with Gasteiger partial charge in [-0.05, 0) is 18.9 Å². The molecule has 0 spiro atoms. The van der Waals surface area contributed by atoms with Crippen molar-refractivity contribution in [1.29, 1.82) is 5.41 Å². The Morgan fingerprint density at radius 1 is 1.29 bits per heavy atom. The summed E-state index contributed by atoms with van der Waals surface area (Å²) >= 11 is 0. The number of aromatic nitrogens is 4. The fourth-order valence-electron chi connectivity index (χ4n) is 3.20. The number of likely N-dealkylation sites (tertiary alicyclic amines) is 1. The number of fused-ring (bicyclic) bond motifs is 3. The Bertz CT molecular complexity index is 807. The molecule has 1 saturated heterocycles. The number of aromatic amines is 1. The fraction of sp³-hybridized carbons (Fsp3) is 0.357. The maximum absolute atomic E-state index is 7.52. The molecule has 108 valence electrons. The van der Waals surface area contributed by atoms with Crippen LogP contribution >= 0.6 is 0 Å².